The number of hydrogen-bond donors (Lipinski definition) is 0. The summed E-state index contributed by atoms with van der Waals surface area (Å²) >= 11 is 0.00926. The maximum atomic E-state index is 8.99. The standard InChI is InChI=1S/Bi.NO3.2H/c;2-1(3)4;;/q+1;-1;;. The van der Waals surface area contributed by atoms with Crippen molar-refractivity contribution in [2.75, 3.05) is 0 Å². The van der Waals surface area contributed by atoms with Crippen molar-refractivity contribution in [1.82, 2.24) is 0 Å². The Balaban J connectivity index is 2.85. The molecule has 0 aliphatic rings. The van der Waals surface area contributed by atoms with Gasteiger partial charge < -0.3 is 0 Å². The van der Waals surface area contributed by atoms with Crippen LogP contribution in [0.4, 0.5) is 0 Å². The molecule has 0 radical (unpaired) electrons. The second kappa shape index (κ2) is 2.33. The fraction of sp³-hybridized carbons (Fsp3) is 0. The van der Waals surface area contributed by atoms with E-state index in [0.29, 0.717) is 0 Å². The molecule has 0 fully saturated rings. The van der Waals surface area contributed by atoms with Gasteiger partial charge in [0.25, 0.3) is 0 Å². The van der Waals surface area contributed by atoms with Crippen LogP contribution in [0.3, 0.4) is 0 Å². The van der Waals surface area contributed by atoms with E-state index in [1.807, 2.05) is 0 Å². The average Bonchev–Trinajstić information content (AvgIpc) is 1.38. The van der Waals surface area contributed by atoms with E-state index >= 15 is 0 Å². The molecule has 0 aromatic carbocycles. The third kappa shape index (κ3) is 4.08. The van der Waals surface area contributed by atoms with E-state index in [1.165, 1.54) is 0 Å². The fourth-order valence-electron chi connectivity index (χ4n) is 0. The minimum atomic E-state index is -0.801. The van der Waals surface area contributed by atoms with Crippen LogP contribution in [0.5, 0.6) is 0 Å². The van der Waals surface area contributed by atoms with Gasteiger partial charge >= 0.3 is 43.3 Å². The Kier molecular flexibility index (Phi) is 2.37. The van der Waals surface area contributed by atoms with Crippen LogP contribution >= 0.6 is 0 Å². The summed E-state index contributed by atoms with van der Waals surface area (Å²) in [5.74, 6) is 0. The molecule has 0 bridgehead atoms. The van der Waals surface area contributed by atoms with Gasteiger partial charge in [0.1, 0.15) is 0 Å². The second-order valence-electron chi connectivity index (χ2n) is 0.329. The molecule has 0 aliphatic carbocycles. The van der Waals surface area contributed by atoms with Crippen molar-refractivity contribution in [3.8, 4) is 0 Å². The van der Waals surface area contributed by atoms with Crippen molar-refractivity contribution >= 4 is 25.2 Å². The third-order valence-corrected chi connectivity index (χ3v) is 0.755. The Morgan fingerprint density at radius 1 is 2.00 bits per heavy atom. The zero-order valence-corrected chi connectivity index (χ0v) is 6.74. The van der Waals surface area contributed by atoms with Gasteiger partial charge in [0.2, 0.25) is 0 Å². The first-order chi connectivity index (χ1) is 2.27. The molecule has 0 aromatic rings. The van der Waals surface area contributed by atoms with Gasteiger partial charge in [0.15, 0.2) is 0 Å². The third-order valence-electron chi connectivity index (χ3n) is 0.0861. The van der Waals surface area contributed by atoms with Crippen molar-refractivity contribution in [3.63, 3.8) is 0 Å². The predicted molar refractivity (Wildman–Crippen MR) is 16.6 cm³/mol. The first kappa shape index (κ1) is 5.08. The summed E-state index contributed by atoms with van der Waals surface area (Å²) in [6.07, 6.45) is 0. The molecule has 0 saturated heterocycles. The van der Waals surface area contributed by atoms with Crippen LogP contribution in [0.15, 0.2) is 0 Å². The summed E-state index contributed by atoms with van der Waals surface area (Å²) in [5.41, 5.74) is 0. The van der Waals surface area contributed by atoms with Crippen molar-refractivity contribution in [3.05, 3.63) is 10.1 Å². The van der Waals surface area contributed by atoms with E-state index in [-0.39, 0.29) is 25.2 Å². The molecule has 4 nitrogen and oxygen atoms in total. The van der Waals surface area contributed by atoms with Gasteiger partial charge in [-0.1, -0.05) is 0 Å². The normalized spacial score (nSPS) is 6.60. The molecule has 0 aliphatic heterocycles. The summed E-state index contributed by atoms with van der Waals surface area (Å²) < 4.78 is 3.64. The van der Waals surface area contributed by atoms with Crippen LogP contribution in [0, 0.1) is 10.1 Å². The van der Waals surface area contributed by atoms with Gasteiger partial charge in [0, 0.05) is 0 Å². The fourth-order valence-corrected chi connectivity index (χ4v) is 0. The molecule has 0 unspecified atom stereocenters. The predicted octanol–water partition coefficient (Wildman–Crippen LogP) is -1.26. The number of nitrogens with zero attached hydrogens (tertiary/aromatic N) is 1. The zero-order chi connectivity index (χ0) is 4.28. The Morgan fingerprint density at radius 2 is 2.20 bits per heavy atom. The van der Waals surface area contributed by atoms with E-state index in [1.54, 1.807) is 0 Å². The topological polar surface area (TPSA) is 52.4 Å². The van der Waals surface area contributed by atoms with E-state index in [9.17, 15) is 0 Å². The molecule has 0 atom stereocenters. The molecular formula is H2BiNO3. The van der Waals surface area contributed by atoms with Gasteiger partial charge in [-0.15, -0.1) is 0 Å². The Hall–Kier alpha value is 0.0831. The average molecular weight is 273 g/mol. The summed E-state index contributed by atoms with van der Waals surface area (Å²) in [7, 11) is 0. The molecule has 0 heterocycles. The minimum absolute atomic E-state index is 0.00926. The molecule has 0 spiro atoms. The second-order valence-corrected chi connectivity index (χ2v) is 1.15. The van der Waals surface area contributed by atoms with E-state index in [4.69, 9.17) is 10.1 Å². The Labute approximate surface area is 43.7 Å². The first-order valence-electron chi connectivity index (χ1n) is 0.783. The van der Waals surface area contributed by atoms with Crippen LogP contribution in [0.2, 0.25) is 0 Å². The van der Waals surface area contributed by atoms with Crippen molar-refractivity contribution in [2.45, 2.75) is 0 Å². The van der Waals surface area contributed by atoms with E-state index in [0.717, 1.165) is 0 Å². The van der Waals surface area contributed by atoms with Crippen molar-refractivity contribution in [1.29, 1.82) is 0 Å². The van der Waals surface area contributed by atoms with E-state index < -0.39 is 5.09 Å². The van der Waals surface area contributed by atoms with Crippen LogP contribution in [0.1, 0.15) is 0 Å². The summed E-state index contributed by atoms with van der Waals surface area (Å²) in [4.78, 5) is 8.99. The molecule has 0 rings (SSSR count). The Bertz CT molecular complexity index is 42.2. The molecule has 0 amide bonds. The summed E-state index contributed by atoms with van der Waals surface area (Å²) in [6, 6.07) is 0. The van der Waals surface area contributed by atoms with Crippen LogP contribution < -0.4 is 0 Å². The Morgan fingerprint density at radius 3 is 2.20 bits per heavy atom. The van der Waals surface area contributed by atoms with Crippen molar-refractivity contribution in [2.24, 2.45) is 0 Å². The van der Waals surface area contributed by atoms with Gasteiger partial charge in [-0.05, 0) is 0 Å². The molecule has 0 saturated carbocycles. The molecule has 5 heteroatoms. The number of hydrogen-bond acceptors (Lipinski definition) is 3. The molecule has 0 N–H and O–H groups in total. The van der Waals surface area contributed by atoms with Crippen molar-refractivity contribution < 1.29 is 8.00 Å². The van der Waals surface area contributed by atoms with Crippen LogP contribution in [-0.2, 0) is 2.91 Å². The molecule has 0 aromatic heterocycles. The summed E-state index contributed by atoms with van der Waals surface area (Å²) in [6.45, 7) is 0. The SMILES string of the molecule is O=[N+]([O-])[O][BiH2]. The van der Waals surface area contributed by atoms with Gasteiger partial charge in [-0.3, -0.25) is 0 Å². The van der Waals surface area contributed by atoms with Gasteiger partial charge in [-0.2, -0.15) is 0 Å². The van der Waals surface area contributed by atoms with Crippen LogP contribution in [0.25, 0.3) is 0 Å². The maximum absolute atomic E-state index is 8.99. The quantitative estimate of drug-likeness (QED) is 0.340. The van der Waals surface area contributed by atoms with Gasteiger partial charge in [0.05, 0.1) is 0 Å². The summed E-state index contributed by atoms with van der Waals surface area (Å²) in [5, 5.41) is 8.19. The molecular weight excluding hydrogens is 271 g/mol. The molecule has 5 heavy (non-hydrogen) atoms. The molecule has 30 valence electrons. The van der Waals surface area contributed by atoms with Gasteiger partial charge in [-0.25, -0.2) is 0 Å². The zero-order valence-electron chi connectivity index (χ0n) is 2.25. The monoisotopic (exact) mass is 273 g/mol. The first-order valence-corrected chi connectivity index (χ1v) is 2.62. The van der Waals surface area contributed by atoms with E-state index in [2.05, 4.69) is 2.91 Å². The number of rotatable bonds is 1. The van der Waals surface area contributed by atoms with Crippen LogP contribution in [-0.4, -0.2) is 30.2 Å².